The Hall–Kier alpha value is -1.58. The van der Waals surface area contributed by atoms with Crippen molar-refractivity contribution in [3.8, 4) is 0 Å². The van der Waals surface area contributed by atoms with E-state index < -0.39 is 0 Å². The van der Waals surface area contributed by atoms with Crippen molar-refractivity contribution in [3.05, 3.63) is 24.8 Å². The molecule has 0 unspecified atom stereocenters. The number of unbranched alkanes of at least 4 members (excludes halogenated alkanes) is 20. The highest BCUT2D eigenvalue weighted by Crippen LogP contribution is 2.12. The first-order chi connectivity index (χ1) is 18.0. The zero-order valence-corrected chi connectivity index (χ0v) is 25.1. The molecule has 0 amide bonds. The fourth-order valence-electron chi connectivity index (χ4n) is 4.05. The maximum atomic E-state index is 11.1. The van der Waals surface area contributed by atoms with Gasteiger partial charge in [-0.05, 0) is 19.8 Å². The fourth-order valence-corrected chi connectivity index (χ4v) is 4.05. The van der Waals surface area contributed by atoms with E-state index in [0.717, 1.165) is 12.8 Å². The lowest BCUT2D eigenvalue weighted by Gasteiger charge is -2.04. The van der Waals surface area contributed by atoms with Gasteiger partial charge in [0.25, 0.3) is 0 Å². The molecular formula is C33H62O4. The molecule has 0 aromatic carbocycles. The largest absolute Gasteiger partial charge is 0.463 e. The predicted molar refractivity (Wildman–Crippen MR) is 160 cm³/mol. The third kappa shape index (κ3) is 34.4. The van der Waals surface area contributed by atoms with Gasteiger partial charge in [0.15, 0.2) is 0 Å². The van der Waals surface area contributed by atoms with E-state index in [1.54, 1.807) is 6.92 Å². The van der Waals surface area contributed by atoms with Gasteiger partial charge in [-0.25, -0.2) is 9.59 Å². The van der Waals surface area contributed by atoms with Crippen molar-refractivity contribution in [3.63, 3.8) is 0 Å². The molecule has 0 rings (SSSR count). The van der Waals surface area contributed by atoms with Gasteiger partial charge in [0.05, 0.1) is 13.2 Å². The molecule has 0 heterocycles. The molecule has 0 aromatic rings. The minimum absolute atomic E-state index is 0.257. The topological polar surface area (TPSA) is 52.6 Å². The summed E-state index contributed by atoms with van der Waals surface area (Å²) in [6.45, 7) is 14.2. The fraction of sp³-hybridized carbons (Fsp3) is 0.818. The van der Waals surface area contributed by atoms with Crippen LogP contribution in [0.3, 0.4) is 0 Å². The van der Waals surface area contributed by atoms with Crippen molar-refractivity contribution in [1.82, 2.24) is 0 Å². The van der Waals surface area contributed by atoms with Crippen LogP contribution in [0.25, 0.3) is 0 Å². The monoisotopic (exact) mass is 522 g/mol. The summed E-state index contributed by atoms with van der Waals surface area (Å²) in [6, 6.07) is 0. The van der Waals surface area contributed by atoms with Crippen molar-refractivity contribution < 1.29 is 19.1 Å². The molecule has 0 saturated carbocycles. The van der Waals surface area contributed by atoms with E-state index in [4.69, 9.17) is 9.47 Å². The molecule has 0 bridgehead atoms. The average molecular weight is 523 g/mol. The number of esters is 2. The van der Waals surface area contributed by atoms with Crippen LogP contribution >= 0.6 is 0 Å². The van der Waals surface area contributed by atoms with Gasteiger partial charge in [-0.3, -0.25) is 0 Å². The van der Waals surface area contributed by atoms with E-state index >= 15 is 0 Å². The third-order valence-corrected chi connectivity index (χ3v) is 6.49. The molecule has 0 aliphatic carbocycles. The van der Waals surface area contributed by atoms with Crippen molar-refractivity contribution in [2.75, 3.05) is 13.2 Å². The minimum Gasteiger partial charge on any atom is -0.463 e. The Morgan fingerprint density at radius 1 is 0.541 bits per heavy atom. The number of ether oxygens (including phenoxy) is 2. The van der Waals surface area contributed by atoms with Crippen molar-refractivity contribution in [2.24, 2.45) is 0 Å². The van der Waals surface area contributed by atoms with Crippen LogP contribution in [0.2, 0.25) is 0 Å². The van der Waals surface area contributed by atoms with Gasteiger partial charge in [0, 0.05) is 11.6 Å². The van der Waals surface area contributed by atoms with Crippen LogP contribution < -0.4 is 0 Å². The zero-order chi connectivity index (χ0) is 27.8. The Balaban J connectivity index is 0. The first kappa shape index (κ1) is 37.6. The quantitative estimate of drug-likeness (QED) is 0.0644. The van der Waals surface area contributed by atoms with E-state index in [2.05, 4.69) is 27.0 Å². The highest BCUT2D eigenvalue weighted by atomic mass is 16.5. The van der Waals surface area contributed by atoms with Gasteiger partial charge in [0.2, 0.25) is 0 Å². The van der Waals surface area contributed by atoms with Crippen LogP contribution in [-0.4, -0.2) is 25.2 Å². The van der Waals surface area contributed by atoms with E-state index in [1.807, 2.05) is 0 Å². The number of hydrogen-bond acceptors (Lipinski definition) is 4. The summed E-state index contributed by atoms with van der Waals surface area (Å²) in [5.74, 6) is -0.561. The summed E-state index contributed by atoms with van der Waals surface area (Å²) in [5.41, 5.74) is 0.489. The van der Waals surface area contributed by atoms with E-state index in [0.29, 0.717) is 18.8 Å². The lowest BCUT2D eigenvalue weighted by Crippen LogP contribution is -2.05. The van der Waals surface area contributed by atoms with E-state index in [9.17, 15) is 9.59 Å². The number of hydrogen-bond donors (Lipinski definition) is 0. The molecule has 0 radical (unpaired) electrons. The molecule has 0 aliphatic rings. The molecule has 0 atom stereocenters. The molecule has 218 valence electrons. The predicted octanol–water partition coefficient (Wildman–Crippen LogP) is 10.4. The van der Waals surface area contributed by atoms with Gasteiger partial charge >= 0.3 is 11.9 Å². The van der Waals surface area contributed by atoms with Crippen molar-refractivity contribution >= 4 is 11.9 Å². The number of carbonyl (C=O) groups excluding carboxylic acids is 2. The van der Waals surface area contributed by atoms with Crippen LogP contribution in [0.4, 0.5) is 0 Å². The zero-order valence-electron chi connectivity index (χ0n) is 25.1. The maximum absolute atomic E-state index is 11.1. The van der Waals surface area contributed by atoms with Crippen LogP contribution in [0, 0.1) is 0 Å². The van der Waals surface area contributed by atoms with E-state index in [-0.39, 0.29) is 11.9 Å². The standard InChI is InChI=1S/C17H32O2.C16H30O2/c1-4-5-6-7-8-9-10-11-12-13-14-15-19-17(18)16(2)3;1-3-5-6-7-8-9-10-11-12-13-14-15-18-16(17)4-2/h2,4-15H2,1,3H3;4H,2-3,5-15H2,1H3. The van der Waals surface area contributed by atoms with Gasteiger partial charge in [-0.2, -0.15) is 0 Å². The van der Waals surface area contributed by atoms with Crippen molar-refractivity contribution in [2.45, 2.75) is 162 Å². The van der Waals surface area contributed by atoms with Crippen LogP contribution in [-0.2, 0) is 19.1 Å². The summed E-state index contributed by atoms with van der Waals surface area (Å²) in [5, 5.41) is 0. The van der Waals surface area contributed by atoms with Gasteiger partial charge in [-0.15, -0.1) is 0 Å². The van der Waals surface area contributed by atoms with Crippen LogP contribution in [0.15, 0.2) is 24.8 Å². The summed E-state index contributed by atoms with van der Waals surface area (Å²) in [4.78, 5) is 21.9. The van der Waals surface area contributed by atoms with Gasteiger partial charge < -0.3 is 9.47 Å². The summed E-state index contributed by atoms with van der Waals surface area (Å²) < 4.78 is 9.96. The van der Waals surface area contributed by atoms with Crippen LogP contribution in [0.5, 0.6) is 0 Å². The second-order valence-corrected chi connectivity index (χ2v) is 10.4. The maximum Gasteiger partial charge on any atom is 0.333 e. The summed E-state index contributed by atoms with van der Waals surface area (Å²) in [6.07, 6.45) is 30.0. The highest BCUT2D eigenvalue weighted by molar-refractivity contribution is 5.86. The number of carbonyl (C=O) groups is 2. The lowest BCUT2D eigenvalue weighted by molar-refractivity contribution is -0.139. The molecule has 4 nitrogen and oxygen atoms in total. The molecule has 0 N–H and O–H groups in total. The summed E-state index contributed by atoms with van der Waals surface area (Å²) >= 11 is 0. The first-order valence-electron chi connectivity index (χ1n) is 15.6. The molecule has 0 saturated heterocycles. The second-order valence-electron chi connectivity index (χ2n) is 10.4. The van der Waals surface area contributed by atoms with Gasteiger partial charge in [0.1, 0.15) is 0 Å². The second kappa shape index (κ2) is 32.4. The van der Waals surface area contributed by atoms with Crippen LogP contribution in [0.1, 0.15) is 162 Å². The molecule has 4 heteroatoms. The highest BCUT2D eigenvalue weighted by Gasteiger charge is 2.01. The lowest BCUT2D eigenvalue weighted by atomic mass is 10.1. The minimum atomic E-state index is -0.304. The Morgan fingerprint density at radius 2 is 0.838 bits per heavy atom. The molecule has 37 heavy (non-hydrogen) atoms. The average Bonchev–Trinajstić information content (AvgIpc) is 2.89. The van der Waals surface area contributed by atoms with Crippen molar-refractivity contribution in [1.29, 1.82) is 0 Å². The SMILES string of the molecule is C=C(C)C(=O)OCCCCCCCCCCCCC.C=CC(=O)OCCCCCCCCCCCCC. The number of rotatable bonds is 26. The molecule has 0 fully saturated rings. The Morgan fingerprint density at radius 3 is 1.14 bits per heavy atom. The molecule has 0 aliphatic heterocycles. The molecular weight excluding hydrogens is 460 g/mol. The third-order valence-electron chi connectivity index (χ3n) is 6.49. The smallest absolute Gasteiger partial charge is 0.333 e. The van der Waals surface area contributed by atoms with Gasteiger partial charge in [-0.1, -0.05) is 155 Å². The Kier molecular flexibility index (Phi) is 33.0. The Bertz CT molecular complexity index is 526. The Labute approximate surface area is 231 Å². The molecule has 0 spiro atoms. The summed E-state index contributed by atoms with van der Waals surface area (Å²) in [7, 11) is 0. The normalized spacial score (nSPS) is 10.4. The van der Waals surface area contributed by atoms with E-state index in [1.165, 1.54) is 134 Å². The first-order valence-corrected chi connectivity index (χ1v) is 15.6. The molecule has 0 aromatic heterocycles.